The van der Waals surface area contributed by atoms with Crippen LogP contribution in [0.4, 0.5) is 4.39 Å². The van der Waals surface area contributed by atoms with E-state index < -0.39 is 0 Å². The Morgan fingerprint density at radius 2 is 2.20 bits per heavy atom. The first-order valence-electron chi connectivity index (χ1n) is 5.96. The second kappa shape index (κ2) is 5.33. The Balaban J connectivity index is 2.14. The van der Waals surface area contributed by atoms with Crippen molar-refractivity contribution in [2.24, 2.45) is 7.05 Å². The summed E-state index contributed by atoms with van der Waals surface area (Å²) in [5.41, 5.74) is 2.54. The molecule has 3 rings (SSSR count). The van der Waals surface area contributed by atoms with Crippen LogP contribution in [-0.2, 0) is 19.5 Å². The Labute approximate surface area is 133 Å². The standard InChI is InChI=1S/C13H11ClFIN4/c1-19-6-8(5-17-19)7-20-12-2-9(15)10(16)3-11(12)18-13(20)4-14/h2-3,5-6H,4,7H2,1H3. The van der Waals surface area contributed by atoms with Crippen LogP contribution in [-0.4, -0.2) is 19.3 Å². The van der Waals surface area contributed by atoms with Crippen molar-refractivity contribution in [1.82, 2.24) is 19.3 Å². The molecule has 0 atom stereocenters. The number of benzene rings is 1. The fourth-order valence-electron chi connectivity index (χ4n) is 2.18. The van der Waals surface area contributed by atoms with Gasteiger partial charge in [0.05, 0.1) is 33.2 Å². The summed E-state index contributed by atoms with van der Waals surface area (Å²) >= 11 is 7.92. The van der Waals surface area contributed by atoms with Gasteiger partial charge in [-0.05, 0) is 28.7 Å². The van der Waals surface area contributed by atoms with Gasteiger partial charge in [0.1, 0.15) is 11.6 Å². The van der Waals surface area contributed by atoms with Crippen molar-refractivity contribution in [2.75, 3.05) is 0 Å². The lowest BCUT2D eigenvalue weighted by Gasteiger charge is -2.06. The summed E-state index contributed by atoms with van der Waals surface area (Å²) in [4.78, 5) is 4.47. The van der Waals surface area contributed by atoms with Gasteiger partial charge in [0, 0.05) is 24.9 Å². The highest BCUT2D eigenvalue weighted by atomic mass is 127. The lowest BCUT2D eigenvalue weighted by Crippen LogP contribution is -2.03. The number of fused-ring (bicyclic) bond motifs is 1. The second-order valence-electron chi connectivity index (χ2n) is 4.53. The van der Waals surface area contributed by atoms with Crippen LogP contribution in [0, 0.1) is 9.39 Å². The smallest absolute Gasteiger partial charge is 0.138 e. The number of halogens is 3. The van der Waals surface area contributed by atoms with E-state index in [0.717, 1.165) is 22.4 Å². The topological polar surface area (TPSA) is 35.6 Å². The van der Waals surface area contributed by atoms with Gasteiger partial charge < -0.3 is 4.57 Å². The molecule has 20 heavy (non-hydrogen) atoms. The Kier molecular flexibility index (Phi) is 3.68. The molecule has 0 unspecified atom stereocenters. The highest BCUT2D eigenvalue weighted by Gasteiger charge is 2.13. The molecule has 1 aromatic carbocycles. The molecule has 0 saturated carbocycles. The van der Waals surface area contributed by atoms with E-state index in [9.17, 15) is 4.39 Å². The minimum Gasteiger partial charge on any atom is -0.322 e. The summed E-state index contributed by atoms with van der Waals surface area (Å²) in [5, 5.41) is 4.14. The zero-order valence-corrected chi connectivity index (χ0v) is 13.6. The molecular formula is C13H11ClFIN4. The molecule has 0 aliphatic carbocycles. The fourth-order valence-corrected chi connectivity index (χ4v) is 2.84. The van der Waals surface area contributed by atoms with E-state index in [-0.39, 0.29) is 11.7 Å². The van der Waals surface area contributed by atoms with Crippen LogP contribution < -0.4 is 0 Å². The first kappa shape index (κ1) is 13.8. The lowest BCUT2D eigenvalue weighted by atomic mass is 10.3. The summed E-state index contributed by atoms with van der Waals surface area (Å²) in [6.07, 6.45) is 3.71. The van der Waals surface area contributed by atoms with Crippen molar-refractivity contribution in [3.05, 3.63) is 45.3 Å². The molecule has 104 valence electrons. The highest BCUT2D eigenvalue weighted by Crippen LogP contribution is 2.23. The minimum absolute atomic E-state index is 0.244. The van der Waals surface area contributed by atoms with Gasteiger partial charge in [-0.15, -0.1) is 11.6 Å². The van der Waals surface area contributed by atoms with Crippen molar-refractivity contribution < 1.29 is 4.39 Å². The third kappa shape index (κ3) is 2.42. The van der Waals surface area contributed by atoms with Gasteiger partial charge in [-0.3, -0.25) is 4.68 Å². The number of nitrogens with zero attached hydrogens (tertiary/aromatic N) is 4. The molecule has 7 heteroatoms. The van der Waals surface area contributed by atoms with Gasteiger partial charge in [0.25, 0.3) is 0 Å². The van der Waals surface area contributed by atoms with E-state index in [4.69, 9.17) is 11.6 Å². The number of alkyl halides is 1. The van der Waals surface area contributed by atoms with Gasteiger partial charge in [-0.25, -0.2) is 9.37 Å². The molecule has 0 amide bonds. The van der Waals surface area contributed by atoms with Gasteiger partial charge >= 0.3 is 0 Å². The molecule has 4 nitrogen and oxygen atoms in total. The molecule has 2 aromatic heterocycles. The molecule has 2 heterocycles. The van der Waals surface area contributed by atoms with Crippen molar-refractivity contribution >= 4 is 45.2 Å². The van der Waals surface area contributed by atoms with E-state index >= 15 is 0 Å². The molecular weight excluding hydrogens is 394 g/mol. The summed E-state index contributed by atoms with van der Waals surface area (Å²) in [7, 11) is 1.86. The summed E-state index contributed by atoms with van der Waals surface area (Å²) in [5.74, 6) is 0.770. The molecule has 0 aliphatic heterocycles. The van der Waals surface area contributed by atoms with E-state index in [1.165, 1.54) is 6.07 Å². The lowest BCUT2D eigenvalue weighted by molar-refractivity contribution is 0.621. The zero-order chi connectivity index (χ0) is 14.3. The SMILES string of the molecule is Cn1cc(Cn2c(CCl)nc3cc(I)c(F)cc32)cn1. The monoisotopic (exact) mass is 404 g/mol. The van der Waals surface area contributed by atoms with Crippen LogP contribution in [0.1, 0.15) is 11.4 Å². The average Bonchev–Trinajstić information content (AvgIpc) is 2.96. The quantitative estimate of drug-likeness (QED) is 0.496. The largest absolute Gasteiger partial charge is 0.322 e. The normalized spacial score (nSPS) is 11.4. The summed E-state index contributed by atoms with van der Waals surface area (Å²) in [6, 6.07) is 3.25. The maximum atomic E-state index is 13.8. The van der Waals surface area contributed by atoms with Crippen molar-refractivity contribution in [3.8, 4) is 0 Å². The summed E-state index contributed by atoms with van der Waals surface area (Å²) < 4.78 is 18.0. The molecule has 0 fully saturated rings. The van der Waals surface area contributed by atoms with Gasteiger partial charge in [-0.2, -0.15) is 5.10 Å². The number of hydrogen-bond donors (Lipinski definition) is 0. The van der Waals surface area contributed by atoms with Crippen molar-refractivity contribution in [3.63, 3.8) is 0 Å². The zero-order valence-electron chi connectivity index (χ0n) is 10.6. The second-order valence-corrected chi connectivity index (χ2v) is 5.95. The third-order valence-electron chi connectivity index (χ3n) is 3.09. The number of rotatable bonds is 3. The van der Waals surface area contributed by atoms with Crippen LogP contribution in [0.3, 0.4) is 0 Å². The van der Waals surface area contributed by atoms with Crippen LogP contribution in [0.2, 0.25) is 0 Å². The summed E-state index contributed by atoms with van der Waals surface area (Å²) in [6.45, 7) is 0.576. The maximum absolute atomic E-state index is 13.8. The maximum Gasteiger partial charge on any atom is 0.138 e. The first-order valence-corrected chi connectivity index (χ1v) is 7.57. The van der Waals surface area contributed by atoms with Crippen LogP contribution in [0.25, 0.3) is 11.0 Å². The molecule has 0 N–H and O–H groups in total. The fraction of sp³-hybridized carbons (Fsp3) is 0.231. The van der Waals surface area contributed by atoms with Gasteiger partial charge in [-0.1, -0.05) is 0 Å². The van der Waals surface area contributed by atoms with Gasteiger partial charge in [0.2, 0.25) is 0 Å². The minimum atomic E-state index is -0.244. The predicted octanol–water partition coefficient (Wildman–Crippen LogP) is 3.30. The molecule has 0 saturated heterocycles. The number of aryl methyl sites for hydroxylation is 1. The molecule has 0 spiro atoms. The molecule has 0 bridgehead atoms. The first-order chi connectivity index (χ1) is 9.58. The predicted molar refractivity (Wildman–Crippen MR) is 84.3 cm³/mol. The molecule has 3 aromatic rings. The van der Waals surface area contributed by atoms with E-state index in [1.54, 1.807) is 16.9 Å². The number of imidazole rings is 1. The molecule has 0 aliphatic rings. The van der Waals surface area contributed by atoms with E-state index in [1.807, 2.05) is 40.4 Å². The Hall–Kier alpha value is -1.15. The number of aromatic nitrogens is 4. The van der Waals surface area contributed by atoms with Crippen LogP contribution in [0.15, 0.2) is 24.5 Å². The van der Waals surface area contributed by atoms with Gasteiger partial charge in [0.15, 0.2) is 0 Å². The Morgan fingerprint density at radius 1 is 1.40 bits per heavy atom. The molecule has 0 radical (unpaired) electrons. The average molecular weight is 405 g/mol. The third-order valence-corrected chi connectivity index (χ3v) is 4.15. The van der Waals surface area contributed by atoms with E-state index in [2.05, 4.69) is 10.1 Å². The Bertz CT molecular complexity index is 780. The van der Waals surface area contributed by atoms with Crippen LogP contribution in [0.5, 0.6) is 0 Å². The van der Waals surface area contributed by atoms with Crippen LogP contribution >= 0.6 is 34.2 Å². The highest BCUT2D eigenvalue weighted by molar-refractivity contribution is 14.1. The van der Waals surface area contributed by atoms with Crippen molar-refractivity contribution in [1.29, 1.82) is 0 Å². The Morgan fingerprint density at radius 3 is 2.85 bits per heavy atom. The van der Waals surface area contributed by atoms with Crippen molar-refractivity contribution in [2.45, 2.75) is 12.4 Å². The number of hydrogen-bond acceptors (Lipinski definition) is 2. The van der Waals surface area contributed by atoms with E-state index in [0.29, 0.717) is 10.1 Å².